The molecule has 0 radical (unpaired) electrons. The van der Waals surface area contributed by atoms with Gasteiger partial charge in [0.1, 0.15) is 0 Å². The van der Waals surface area contributed by atoms with Crippen molar-refractivity contribution >= 4 is 5.91 Å². The molecule has 2 aliphatic carbocycles. The van der Waals surface area contributed by atoms with Crippen molar-refractivity contribution in [3.8, 4) is 0 Å². The third-order valence-electron chi connectivity index (χ3n) is 6.25. The van der Waals surface area contributed by atoms with E-state index in [1.165, 1.54) is 24.3 Å². The van der Waals surface area contributed by atoms with Gasteiger partial charge in [0.2, 0.25) is 0 Å². The van der Waals surface area contributed by atoms with Gasteiger partial charge in [-0.2, -0.15) is 13.2 Å². The molecule has 144 valence electrons. The summed E-state index contributed by atoms with van der Waals surface area (Å²) in [5.74, 6) is 0.174. The number of amides is 1. The molecule has 2 saturated carbocycles. The minimum atomic E-state index is -4.86. The fourth-order valence-corrected chi connectivity index (χ4v) is 5.18. The number of hydrogen-bond donors (Lipinski definition) is 1. The van der Waals surface area contributed by atoms with E-state index in [1.807, 2.05) is 0 Å². The number of rotatable bonds is 5. The molecular formula is C20H26F3NO2. The van der Waals surface area contributed by atoms with Crippen LogP contribution in [0.4, 0.5) is 13.2 Å². The van der Waals surface area contributed by atoms with Gasteiger partial charge >= 0.3 is 6.18 Å². The molecule has 1 aromatic rings. The van der Waals surface area contributed by atoms with Crippen LogP contribution in [0.1, 0.15) is 38.7 Å². The fourth-order valence-electron chi connectivity index (χ4n) is 5.18. The van der Waals surface area contributed by atoms with Gasteiger partial charge in [-0.15, -0.1) is 0 Å². The zero-order valence-electron chi connectivity index (χ0n) is 15.3. The number of carbonyl (C=O) groups is 1. The van der Waals surface area contributed by atoms with Gasteiger partial charge in [-0.05, 0) is 42.9 Å². The van der Waals surface area contributed by atoms with Crippen LogP contribution >= 0.6 is 0 Å². The number of ether oxygens (including phenoxy) is 1. The molecule has 2 fully saturated rings. The van der Waals surface area contributed by atoms with E-state index in [1.54, 1.807) is 6.07 Å². The first kappa shape index (κ1) is 19.2. The molecule has 0 heterocycles. The largest absolute Gasteiger partial charge is 0.430 e. The van der Waals surface area contributed by atoms with Crippen LogP contribution in [0.25, 0.3) is 0 Å². The number of alkyl halides is 3. The van der Waals surface area contributed by atoms with Crippen LogP contribution < -0.4 is 5.32 Å². The SMILES string of the molecule is COC(C(=O)N[C@@H]1[C@@H]2CC[C@@H](C2)[C@H]1C(C)C)(c1ccccc1)C(F)(F)F. The number of carbonyl (C=O) groups excluding carboxylic acids is 1. The van der Waals surface area contributed by atoms with Gasteiger partial charge in [-0.3, -0.25) is 4.79 Å². The Morgan fingerprint density at radius 3 is 2.31 bits per heavy atom. The van der Waals surface area contributed by atoms with E-state index in [4.69, 9.17) is 4.74 Å². The smallest absolute Gasteiger partial charge is 0.356 e. The zero-order chi connectivity index (χ0) is 19.1. The van der Waals surface area contributed by atoms with Crippen LogP contribution in [-0.2, 0) is 15.1 Å². The van der Waals surface area contributed by atoms with Crippen molar-refractivity contribution in [1.29, 1.82) is 0 Å². The molecule has 3 rings (SSSR count). The third-order valence-corrected chi connectivity index (χ3v) is 6.25. The Morgan fingerprint density at radius 2 is 1.77 bits per heavy atom. The summed E-state index contributed by atoms with van der Waals surface area (Å²) in [6.07, 6.45) is -1.80. The number of halogens is 3. The molecule has 5 atom stereocenters. The number of benzene rings is 1. The highest BCUT2D eigenvalue weighted by atomic mass is 19.4. The summed E-state index contributed by atoms with van der Waals surface area (Å²) in [7, 11) is 0.945. The van der Waals surface area contributed by atoms with Gasteiger partial charge in [0.15, 0.2) is 0 Å². The van der Waals surface area contributed by atoms with Crippen LogP contribution in [0.2, 0.25) is 0 Å². The van der Waals surface area contributed by atoms with E-state index in [9.17, 15) is 18.0 Å². The van der Waals surface area contributed by atoms with E-state index in [0.717, 1.165) is 26.4 Å². The summed E-state index contributed by atoms with van der Waals surface area (Å²) < 4.78 is 47.0. The van der Waals surface area contributed by atoms with E-state index < -0.39 is 17.7 Å². The first-order valence-corrected chi connectivity index (χ1v) is 9.20. The molecule has 2 bridgehead atoms. The van der Waals surface area contributed by atoms with Crippen molar-refractivity contribution in [2.45, 2.75) is 50.9 Å². The average Bonchev–Trinajstić information content (AvgIpc) is 3.17. The van der Waals surface area contributed by atoms with E-state index >= 15 is 0 Å². The molecule has 0 aliphatic heterocycles. The Kier molecular flexibility index (Phi) is 5.08. The molecule has 26 heavy (non-hydrogen) atoms. The van der Waals surface area contributed by atoms with Gasteiger partial charge in [0.05, 0.1) is 0 Å². The van der Waals surface area contributed by atoms with Crippen LogP contribution in [-0.4, -0.2) is 25.2 Å². The van der Waals surface area contributed by atoms with Crippen LogP contribution in [0.3, 0.4) is 0 Å². The number of methoxy groups -OCH3 is 1. The molecule has 0 saturated heterocycles. The van der Waals surface area contributed by atoms with Crippen LogP contribution in [0.5, 0.6) is 0 Å². The van der Waals surface area contributed by atoms with Gasteiger partial charge < -0.3 is 10.1 Å². The highest BCUT2D eigenvalue weighted by molar-refractivity contribution is 5.88. The quantitative estimate of drug-likeness (QED) is 0.841. The summed E-state index contributed by atoms with van der Waals surface area (Å²) >= 11 is 0. The topological polar surface area (TPSA) is 38.3 Å². The van der Waals surface area contributed by atoms with Crippen molar-refractivity contribution in [2.24, 2.45) is 23.7 Å². The van der Waals surface area contributed by atoms with Gasteiger partial charge in [0.25, 0.3) is 11.5 Å². The normalized spacial score (nSPS) is 30.4. The van der Waals surface area contributed by atoms with Gasteiger partial charge in [-0.1, -0.05) is 44.2 Å². The molecule has 1 amide bonds. The van der Waals surface area contributed by atoms with Crippen molar-refractivity contribution in [3.05, 3.63) is 35.9 Å². The second-order valence-corrected chi connectivity index (χ2v) is 7.90. The van der Waals surface area contributed by atoms with E-state index in [2.05, 4.69) is 19.2 Å². The molecular weight excluding hydrogens is 343 g/mol. The molecule has 1 unspecified atom stereocenters. The maximum atomic E-state index is 14.0. The maximum Gasteiger partial charge on any atom is 0.430 e. The third kappa shape index (κ3) is 2.92. The van der Waals surface area contributed by atoms with Crippen molar-refractivity contribution in [1.82, 2.24) is 5.32 Å². The Balaban J connectivity index is 1.94. The van der Waals surface area contributed by atoms with Crippen molar-refractivity contribution in [3.63, 3.8) is 0 Å². The lowest BCUT2D eigenvalue weighted by atomic mass is 9.77. The summed E-state index contributed by atoms with van der Waals surface area (Å²) in [6, 6.07) is 6.94. The first-order chi connectivity index (χ1) is 12.2. The predicted molar refractivity (Wildman–Crippen MR) is 92.3 cm³/mol. The monoisotopic (exact) mass is 369 g/mol. The lowest BCUT2D eigenvalue weighted by Crippen LogP contribution is -2.59. The first-order valence-electron chi connectivity index (χ1n) is 9.20. The molecule has 1 aromatic carbocycles. The van der Waals surface area contributed by atoms with E-state index in [-0.39, 0.29) is 23.4 Å². The predicted octanol–water partition coefficient (Wildman–Crippen LogP) is 4.28. The molecule has 6 heteroatoms. The van der Waals surface area contributed by atoms with Gasteiger partial charge in [0, 0.05) is 18.7 Å². The lowest BCUT2D eigenvalue weighted by Gasteiger charge is -2.39. The molecule has 2 aliphatic rings. The highest BCUT2D eigenvalue weighted by Crippen LogP contribution is 2.52. The molecule has 0 spiro atoms. The Labute approximate surface area is 152 Å². The summed E-state index contributed by atoms with van der Waals surface area (Å²) in [6.45, 7) is 4.16. The van der Waals surface area contributed by atoms with E-state index in [0.29, 0.717) is 11.8 Å². The Bertz CT molecular complexity index is 646. The summed E-state index contributed by atoms with van der Waals surface area (Å²) in [4.78, 5) is 13.0. The number of nitrogens with one attached hydrogen (secondary N) is 1. The second-order valence-electron chi connectivity index (χ2n) is 7.90. The Morgan fingerprint density at radius 1 is 1.15 bits per heavy atom. The van der Waals surface area contributed by atoms with Crippen molar-refractivity contribution < 1.29 is 22.7 Å². The van der Waals surface area contributed by atoms with Crippen LogP contribution in [0.15, 0.2) is 30.3 Å². The van der Waals surface area contributed by atoms with Crippen molar-refractivity contribution in [2.75, 3.05) is 7.11 Å². The zero-order valence-corrected chi connectivity index (χ0v) is 15.3. The standard InChI is InChI=1S/C20H26F3NO2/c1-12(2)16-13-9-10-14(11-13)17(16)24-18(25)19(26-3,20(21,22)23)15-7-5-4-6-8-15/h4-8,12-14,16-17H,9-11H2,1-3H3,(H,24,25)/t13-,14+,16+,17+,19?/m0/s1. The summed E-state index contributed by atoms with van der Waals surface area (Å²) in [5.41, 5.74) is -3.19. The number of fused-ring (bicyclic) bond motifs is 2. The molecule has 1 N–H and O–H groups in total. The Hall–Kier alpha value is -1.56. The van der Waals surface area contributed by atoms with Crippen LogP contribution in [0, 0.1) is 23.7 Å². The number of hydrogen-bond acceptors (Lipinski definition) is 2. The minimum absolute atomic E-state index is 0.197. The maximum absolute atomic E-state index is 14.0. The minimum Gasteiger partial charge on any atom is -0.356 e. The average molecular weight is 369 g/mol. The highest BCUT2D eigenvalue weighted by Gasteiger charge is 2.63. The molecule has 3 nitrogen and oxygen atoms in total. The second kappa shape index (κ2) is 6.87. The fraction of sp³-hybridized carbons (Fsp3) is 0.650. The molecule has 0 aromatic heterocycles. The lowest BCUT2D eigenvalue weighted by molar-refractivity contribution is -0.266. The summed E-state index contributed by atoms with van der Waals surface area (Å²) in [5, 5.41) is 2.75. The van der Waals surface area contributed by atoms with Gasteiger partial charge in [-0.25, -0.2) is 0 Å².